The quantitative estimate of drug-likeness (QED) is 0.825. The highest BCUT2D eigenvalue weighted by molar-refractivity contribution is 5.79. The van der Waals surface area contributed by atoms with E-state index in [1.54, 1.807) is 0 Å². The maximum absolute atomic E-state index is 12.7. The van der Waals surface area contributed by atoms with Crippen LogP contribution < -0.4 is 5.73 Å². The highest BCUT2D eigenvalue weighted by Gasteiger charge is 2.32. The molecular weight excluding hydrogens is 252 g/mol. The summed E-state index contributed by atoms with van der Waals surface area (Å²) in [6, 6.07) is 0.285. The lowest BCUT2D eigenvalue weighted by Crippen LogP contribution is -2.45. The van der Waals surface area contributed by atoms with E-state index in [-0.39, 0.29) is 18.6 Å². The fraction of sp³-hybridized carbons (Fsp3) is 0.938. The van der Waals surface area contributed by atoms with Gasteiger partial charge in [-0.2, -0.15) is 0 Å². The predicted molar refractivity (Wildman–Crippen MR) is 80.1 cm³/mol. The SMILES string of the molecule is CC(C(=O)N1CCCC(CCO)C1)C1CCCC(N)C1. The van der Waals surface area contributed by atoms with Gasteiger partial charge in [-0.25, -0.2) is 0 Å². The Kier molecular flexibility index (Phi) is 5.85. The Morgan fingerprint density at radius 3 is 2.85 bits per heavy atom. The maximum atomic E-state index is 12.7. The van der Waals surface area contributed by atoms with Crippen molar-refractivity contribution in [2.24, 2.45) is 23.5 Å². The van der Waals surface area contributed by atoms with E-state index in [0.717, 1.165) is 58.0 Å². The van der Waals surface area contributed by atoms with Gasteiger partial charge in [-0.1, -0.05) is 13.3 Å². The van der Waals surface area contributed by atoms with Crippen molar-refractivity contribution in [3.63, 3.8) is 0 Å². The third-order valence-electron chi connectivity index (χ3n) is 5.22. The summed E-state index contributed by atoms with van der Waals surface area (Å²) in [5, 5.41) is 9.07. The van der Waals surface area contributed by atoms with Gasteiger partial charge in [0.15, 0.2) is 0 Å². The summed E-state index contributed by atoms with van der Waals surface area (Å²) in [6.45, 7) is 4.05. The summed E-state index contributed by atoms with van der Waals surface area (Å²) in [5.74, 6) is 1.36. The molecule has 1 saturated heterocycles. The Morgan fingerprint density at radius 2 is 2.15 bits per heavy atom. The van der Waals surface area contributed by atoms with Crippen LogP contribution in [-0.2, 0) is 4.79 Å². The van der Waals surface area contributed by atoms with Crippen LogP contribution in [0.4, 0.5) is 0 Å². The molecule has 0 radical (unpaired) electrons. The summed E-state index contributed by atoms with van der Waals surface area (Å²) in [7, 11) is 0. The van der Waals surface area contributed by atoms with Crippen LogP contribution >= 0.6 is 0 Å². The van der Waals surface area contributed by atoms with Gasteiger partial charge >= 0.3 is 0 Å². The standard InChI is InChI=1S/C16H30N2O2/c1-12(14-5-2-6-15(17)10-14)16(20)18-8-3-4-13(11-18)7-9-19/h12-15,19H,2-11,17H2,1H3. The lowest BCUT2D eigenvalue weighted by Gasteiger charge is -2.37. The molecule has 0 aromatic carbocycles. The van der Waals surface area contributed by atoms with Gasteiger partial charge in [0.2, 0.25) is 5.91 Å². The number of amides is 1. The minimum absolute atomic E-state index is 0.106. The number of rotatable bonds is 4. The van der Waals surface area contributed by atoms with Gasteiger partial charge in [-0.3, -0.25) is 4.79 Å². The summed E-state index contributed by atoms with van der Waals surface area (Å²) >= 11 is 0. The zero-order valence-electron chi connectivity index (χ0n) is 12.8. The van der Waals surface area contributed by atoms with Crippen molar-refractivity contribution >= 4 is 5.91 Å². The molecule has 20 heavy (non-hydrogen) atoms. The number of piperidine rings is 1. The minimum Gasteiger partial charge on any atom is -0.396 e. The molecule has 0 aromatic heterocycles. The summed E-state index contributed by atoms with van der Waals surface area (Å²) in [4.78, 5) is 14.7. The molecule has 0 aromatic rings. The average molecular weight is 282 g/mol. The molecule has 0 spiro atoms. The number of likely N-dealkylation sites (tertiary alicyclic amines) is 1. The van der Waals surface area contributed by atoms with Crippen LogP contribution in [0.1, 0.15) is 51.9 Å². The molecule has 0 bridgehead atoms. The summed E-state index contributed by atoms with van der Waals surface area (Å²) in [6.07, 6.45) is 7.47. The predicted octanol–water partition coefficient (Wildman–Crippen LogP) is 1.76. The third kappa shape index (κ3) is 3.95. The van der Waals surface area contributed by atoms with Crippen molar-refractivity contribution in [3.8, 4) is 0 Å². The fourth-order valence-corrected chi connectivity index (χ4v) is 3.89. The van der Waals surface area contributed by atoms with E-state index in [9.17, 15) is 4.79 Å². The second-order valence-corrected chi connectivity index (χ2v) is 6.78. The number of aliphatic hydroxyl groups excluding tert-OH is 1. The topological polar surface area (TPSA) is 66.6 Å². The van der Waals surface area contributed by atoms with E-state index in [0.29, 0.717) is 17.7 Å². The van der Waals surface area contributed by atoms with Crippen molar-refractivity contribution < 1.29 is 9.90 Å². The molecule has 4 atom stereocenters. The van der Waals surface area contributed by atoms with Crippen LogP contribution in [0.5, 0.6) is 0 Å². The molecule has 4 heteroatoms. The lowest BCUT2D eigenvalue weighted by atomic mass is 9.78. The van der Waals surface area contributed by atoms with Crippen molar-refractivity contribution in [1.82, 2.24) is 4.90 Å². The lowest BCUT2D eigenvalue weighted by molar-refractivity contribution is -0.139. The summed E-state index contributed by atoms with van der Waals surface area (Å²) in [5.41, 5.74) is 6.05. The monoisotopic (exact) mass is 282 g/mol. The first-order valence-electron chi connectivity index (χ1n) is 8.27. The van der Waals surface area contributed by atoms with Crippen molar-refractivity contribution in [1.29, 1.82) is 0 Å². The number of hydrogen-bond acceptors (Lipinski definition) is 3. The van der Waals surface area contributed by atoms with Gasteiger partial charge in [0.25, 0.3) is 0 Å². The average Bonchev–Trinajstić information content (AvgIpc) is 2.46. The van der Waals surface area contributed by atoms with E-state index in [2.05, 4.69) is 6.92 Å². The molecule has 2 rings (SSSR count). The van der Waals surface area contributed by atoms with Gasteiger partial charge in [0.1, 0.15) is 0 Å². The number of carbonyl (C=O) groups is 1. The first-order valence-corrected chi connectivity index (χ1v) is 8.27. The molecule has 4 nitrogen and oxygen atoms in total. The highest BCUT2D eigenvalue weighted by Crippen LogP contribution is 2.31. The first-order chi connectivity index (χ1) is 9.61. The Bertz CT molecular complexity index is 320. The molecule has 1 heterocycles. The highest BCUT2D eigenvalue weighted by atomic mass is 16.3. The molecule has 3 N–H and O–H groups in total. The number of hydrogen-bond donors (Lipinski definition) is 2. The van der Waals surface area contributed by atoms with Crippen molar-refractivity contribution in [2.45, 2.75) is 57.9 Å². The van der Waals surface area contributed by atoms with Gasteiger partial charge in [0, 0.05) is 31.7 Å². The zero-order valence-corrected chi connectivity index (χ0v) is 12.8. The summed E-state index contributed by atoms with van der Waals surface area (Å²) < 4.78 is 0. The van der Waals surface area contributed by atoms with Crippen LogP contribution in [0.15, 0.2) is 0 Å². The number of nitrogens with zero attached hydrogens (tertiary/aromatic N) is 1. The third-order valence-corrected chi connectivity index (χ3v) is 5.22. The molecule has 116 valence electrons. The largest absolute Gasteiger partial charge is 0.396 e. The van der Waals surface area contributed by atoms with E-state index < -0.39 is 0 Å². The number of aliphatic hydroxyl groups is 1. The maximum Gasteiger partial charge on any atom is 0.225 e. The zero-order chi connectivity index (χ0) is 14.5. The van der Waals surface area contributed by atoms with E-state index >= 15 is 0 Å². The number of carbonyl (C=O) groups excluding carboxylic acids is 1. The Morgan fingerprint density at radius 1 is 1.35 bits per heavy atom. The van der Waals surface area contributed by atoms with Crippen LogP contribution in [-0.4, -0.2) is 41.7 Å². The minimum atomic E-state index is 0.106. The van der Waals surface area contributed by atoms with E-state index in [1.807, 2.05) is 4.90 Å². The second-order valence-electron chi connectivity index (χ2n) is 6.78. The Labute approximate surface area is 122 Å². The normalized spacial score (nSPS) is 33.0. The van der Waals surface area contributed by atoms with Crippen molar-refractivity contribution in [2.75, 3.05) is 19.7 Å². The smallest absolute Gasteiger partial charge is 0.225 e. The Hall–Kier alpha value is -0.610. The van der Waals surface area contributed by atoms with Gasteiger partial charge < -0.3 is 15.7 Å². The molecule has 4 unspecified atom stereocenters. The number of nitrogens with two attached hydrogens (primary N) is 1. The molecular formula is C16H30N2O2. The molecule has 2 aliphatic rings. The van der Waals surface area contributed by atoms with Crippen LogP contribution in [0.3, 0.4) is 0 Å². The molecule has 1 saturated carbocycles. The van der Waals surface area contributed by atoms with Gasteiger partial charge in [-0.15, -0.1) is 0 Å². The Balaban J connectivity index is 1.88. The molecule has 1 amide bonds. The van der Waals surface area contributed by atoms with Gasteiger partial charge in [0.05, 0.1) is 0 Å². The van der Waals surface area contributed by atoms with E-state index in [4.69, 9.17) is 10.8 Å². The van der Waals surface area contributed by atoms with Crippen LogP contribution in [0.25, 0.3) is 0 Å². The van der Waals surface area contributed by atoms with Crippen LogP contribution in [0, 0.1) is 17.8 Å². The van der Waals surface area contributed by atoms with Crippen LogP contribution in [0.2, 0.25) is 0 Å². The molecule has 1 aliphatic carbocycles. The fourth-order valence-electron chi connectivity index (χ4n) is 3.89. The molecule has 1 aliphatic heterocycles. The second kappa shape index (κ2) is 7.41. The first kappa shape index (κ1) is 15.8. The van der Waals surface area contributed by atoms with Crippen molar-refractivity contribution in [3.05, 3.63) is 0 Å². The van der Waals surface area contributed by atoms with Gasteiger partial charge in [-0.05, 0) is 50.4 Å². The van der Waals surface area contributed by atoms with E-state index in [1.165, 1.54) is 0 Å². The molecule has 2 fully saturated rings.